The van der Waals surface area contributed by atoms with Crippen LogP contribution in [-0.2, 0) is 13.9 Å². The molecular formula is C15H38N3NaO9P2. The van der Waals surface area contributed by atoms with Gasteiger partial charge in [-0.25, -0.2) is 0 Å². The van der Waals surface area contributed by atoms with Crippen LogP contribution in [0, 0.1) is 0 Å². The van der Waals surface area contributed by atoms with Crippen LogP contribution in [-0.4, -0.2) is 78.5 Å². The second-order valence-electron chi connectivity index (χ2n) is 6.85. The third kappa shape index (κ3) is 14.6. The molecule has 178 valence electrons. The van der Waals surface area contributed by atoms with Gasteiger partial charge >= 0.3 is 50.7 Å². The molecule has 30 heavy (non-hydrogen) atoms. The van der Waals surface area contributed by atoms with Crippen molar-refractivity contribution in [2.75, 3.05) is 26.7 Å². The Bertz CT molecular complexity index is 544. The van der Waals surface area contributed by atoms with Gasteiger partial charge in [-0.15, -0.1) is 0 Å². The van der Waals surface area contributed by atoms with Crippen LogP contribution < -0.4 is 41.0 Å². The maximum Gasteiger partial charge on any atom is 1.00 e. The molecule has 0 spiro atoms. The van der Waals surface area contributed by atoms with E-state index in [1.54, 1.807) is 11.9 Å². The van der Waals surface area contributed by atoms with E-state index in [0.29, 0.717) is 19.5 Å². The Morgan fingerprint density at radius 2 is 1.57 bits per heavy atom. The molecule has 0 bridgehead atoms. The standard InChI is InChI=1S/C9H23NO7P2.C6H14N2O2.Na.H/c1-3-4-5-7-10(2)8-6-9(11,18(12,13)14)19(15,16)17;7-4-2-1-3-5(8)6(9)10;;/h11H,3-8H2,1-2H3,(H2,12,13,14)(H2,15,16,17);5H,1-4,7-8H2,(H,9,10);;/q;;+1;-1. The van der Waals surface area contributed by atoms with Crippen molar-refractivity contribution in [3.05, 3.63) is 0 Å². The van der Waals surface area contributed by atoms with Gasteiger partial charge in [-0.3, -0.25) is 13.9 Å². The fourth-order valence-corrected chi connectivity index (χ4v) is 4.32. The molecule has 0 aliphatic carbocycles. The summed E-state index contributed by atoms with van der Waals surface area (Å²) < 4.78 is 22.2. The van der Waals surface area contributed by atoms with Crippen molar-refractivity contribution in [3.8, 4) is 0 Å². The van der Waals surface area contributed by atoms with Crippen LogP contribution in [0.3, 0.4) is 0 Å². The minimum absolute atomic E-state index is 0. The third-order valence-electron chi connectivity index (χ3n) is 4.19. The van der Waals surface area contributed by atoms with Crippen LogP contribution in [0.1, 0.15) is 53.3 Å². The summed E-state index contributed by atoms with van der Waals surface area (Å²) in [6.45, 7) is 3.25. The van der Waals surface area contributed by atoms with Crippen LogP contribution in [0.15, 0.2) is 0 Å². The van der Waals surface area contributed by atoms with Gasteiger partial charge in [0.2, 0.25) is 0 Å². The third-order valence-corrected chi connectivity index (χ3v) is 8.07. The van der Waals surface area contributed by atoms with Gasteiger partial charge in [0.05, 0.1) is 0 Å². The fraction of sp³-hybridized carbons (Fsp3) is 0.933. The zero-order valence-corrected chi connectivity index (χ0v) is 21.8. The van der Waals surface area contributed by atoms with E-state index in [9.17, 15) is 19.0 Å². The summed E-state index contributed by atoms with van der Waals surface area (Å²) >= 11 is 0. The van der Waals surface area contributed by atoms with Gasteiger partial charge < -0.3 is 47.6 Å². The predicted molar refractivity (Wildman–Crippen MR) is 110 cm³/mol. The number of unbranched alkanes of at least 4 members (excludes halogenated alkanes) is 3. The predicted octanol–water partition coefficient (Wildman–Crippen LogP) is -2.86. The molecule has 1 unspecified atom stereocenters. The van der Waals surface area contributed by atoms with Crippen LogP contribution in [0.2, 0.25) is 0 Å². The Morgan fingerprint density at radius 1 is 1.07 bits per heavy atom. The molecule has 0 aliphatic rings. The molecule has 15 heteroatoms. The van der Waals surface area contributed by atoms with Gasteiger partial charge in [-0.1, -0.05) is 26.2 Å². The molecule has 0 radical (unpaired) electrons. The van der Waals surface area contributed by atoms with E-state index in [1.807, 2.05) is 6.92 Å². The minimum Gasteiger partial charge on any atom is -1.00 e. The topological polar surface area (TPSA) is 228 Å². The second-order valence-corrected chi connectivity index (χ2v) is 10.9. The number of rotatable bonds is 14. The van der Waals surface area contributed by atoms with Crippen molar-refractivity contribution in [2.24, 2.45) is 11.5 Å². The molecule has 0 aliphatic heterocycles. The maximum atomic E-state index is 11.1. The molecule has 0 saturated heterocycles. The van der Waals surface area contributed by atoms with E-state index in [-0.39, 0.29) is 37.5 Å². The first-order valence-corrected chi connectivity index (χ1v) is 12.6. The van der Waals surface area contributed by atoms with Gasteiger partial charge in [-0.05, 0) is 39.4 Å². The average molecular weight is 489 g/mol. The van der Waals surface area contributed by atoms with Gasteiger partial charge in [0.15, 0.2) is 0 Å². The number of aliphatic hydroxyl groups is 1. The summed E-state index contributed by atoms with van der Waals surface area (Å²) in [5, 5.41) is 14.7. The summed E-state index contributed by atoms with van der Waals surface area (Å²) in [4.78, 5) is 47.6. The van der Waals surface area contributed by atoms with Crippen molar-refractivity contribution in [2.45, 2.75) is 63.0 Å². The van der Waals surface area contributed by atoms with Gasteiger partial charge in [0, 0.05) is 13.0 Å². The minimum atomic E-state index is -5.33. The van der Waals surface area contributed by atoms with Crippen molar-refractivity contribution in [3.63, 3.8) is 0 Å². The van der Waals surface area contributed by atoms with Crippen molar-refractivity contribution < 1.29 is 74.7 Å². The first kappa shape index (κ1) is 35.2. The van der Waals surface area contributed by atoms with Gasteiger partial charge in [-0.2, -0.15) is 0 Å². The smallest absolute Gasteiger partial charge is 1.00 e. The zero-order valence-electron chi connectivity index (χ0n) is 19.1. The quantitative estimate of drug-likeness (QED) is 0.0700. The number of hydrogen-bond acceptors (Lipinski definition) is 7. The normalized spacial score (nSPS) is 13.3. The molecule has 0 aromatic rings. The first-order valence-electron chi connectivity index (χ1n) is 9.34. The maximum absolute atomic E-state index is 11.1. The Morgan fingerprint density at radius 3 is 1.93 bits per heavy atom. The number of nitrogens with zero attached hydrogens (tertiary/aromatic N) is 1. The number of carboxylic acid groups (broad SMARTS) is 1. The SMILES string of the molecule is CCCCCN(C)CCC(O)(P(=O)(O)O)P(=O)(O)O.NCCCCC(N)C(=O)O.[H-].[Na+]. The number of hydrogen-bond donors (Lipinski definition) is 8. The molecule has 1 atom stereocenters. The molecule has 12 nitrogen and oxygen atoms in total. The number of aliphatic carboxylic acids is 1. The number of nitrogens with two attached hydrogens (primary N) is 2. The van der Waals surface area contributed by atoms with E-state index >= 15 is 0 Å². The van der Waals surface area contributed by atoms with Crippen LogP contribution in [0.25, 0.3) is 0 Å². The summed E-state index contributed by atoms with van der Waals surface area (Å²) in [5.41, 5.74) is 10.4. The summed E-state index contributed by atoms with van der Waals surface area (Å²) in [5.74, 6) is -0.933. The Kier molecular flexibility index (Phi) is 20.1. The second kappa shape index (κ2) is 17.1. The molecule has 0 rings (SSSR count). The summed E-state index contributed by atoms with van der Waals surface area (Å²) in [6.07, 6.45) is 4.35. The molecule has 0 amide bonds. The fourth-order valence-electron chi connectivity index (χ4n) is 2.18. The summed E-state index contributed by atoms with van der Waals surface area (Å²) in [6, 6.07) is -0.716. The Labute approximate surface area is 201 Å². The van der Waals surface area contributed by atoms with E-state index in [1.165, 1.54) is 0 Å². The molecule has 0 fully saturated rings. The van der Waals surface area contributed by atoms with Crippen LogP contribution >= 0.6 is 15.2 Å². The molecule has 0 aromatic heterocycles. The monoisotopic (exact) mass is 489 g/mol. The molecule has 0 heterocycles. The number of carbonyl (C=O) groups is 1. The largest absolute Gasteiger partial charge is 1.00 e. The number of carboxylic acids is 1. The Hall–Kier alpha value is 0.610. The molecular weight excluding hydrogens is 451 g/mol. The summed E-state index contributed by atoms with van der Waals surface area (Å²) in [7, 11) is -9.00. The van der Waals surface area contributed by atoms with E-state index < -0.39 is 38.7 Å². The van der Waals surface area contributed by atoms with E-state index in [2.05, 4.69) is 0 Å². The molecule has 0 saturated carbocycles. The van der Waals surface area contributed by atoms with Crippen molar-refractivity contribution in [1.82, 2.24) is 4.90 Å². The van der Waals surface area contributed by atoms with Crippen LogP contribution in [0.4, 0.5) is 0 Å². The zero-order chi connectivity index (χ0) is 23.3. The Balaban J connectivity index is -0.000000260. The van der Waals surface area contributed by atoms with Gasteiger partial charge in [0.1, 0.15) is 6.04 Å². The average Bonchev–Trinajstić information content (AvgIpc) is 2.58. The van der Waals surface area contributed by atoms with Crippen molar-refractivity contribution >= 4 is 21.2 Å². The van der Waals surface area contributed by atoms with Crippen molar-refractivity contribution in [1.29, 1.82) is 0 Å². The van der Waals surface area contributed by atoms with Gasteiger partial charge in [0.25, 0.3) is 5.08 Å². The van der Waals surface area contributed by atoms with Crippen LogP contribution in [0.5, 0.6) is 0 Å². The van der Waals surface area contributed by atoms with E-state index in [4.69, 9.17) is 36.1 Å². The van der Waals surface area contributed by atoms with E-state index in [0.717, 1.165) is 32.1 Å². The molecule has 0 aromatic carbocycles. The molecule has 10 N–H and O–H groups in total. The first-order chi connectivity index (χ1) is 13.1.